The average molecular weight is 273 g/mol. The Labute approximate surface area is 116 Å². The highest BCUT2D eigenvalue weighted by atomic mass is 16.3. The van der Waals surface area contributed by atoms with E-state index in [4.69, 9.17) is 4.42 Å². The molecule has 2 rings (SSSR count). The van der Waals surface area contributed by atoms with Crippen molar-refractivity contribution in [1.29, 1.82) is 0 Å². The molecule has 20 heavy (non-hydrogen) atoms. The van der Waals surface area contributed by atoms with Crippen LogP contribution in [-0.4, -0.2) is 23.3 Å². The monoisotopic (exact) mass is 273 g/mol. The molecule has 0 saturated heterocycles. The van der Waals surface area contributed by atoms with Gasteiger partial charge in [-0.25, -0.2) is 4.98 Å². The second kappa shape index (κ2) is 6.51. The van der Waals surface area contributed by atoms with Gasteiger partial charge in [-0.15, -0.1) is 0 Å². The lowest BCUT2D eigenvalue weighted by molar-refractivity contribution is -0.120. The Morgan fingerprint density at radius 1 is 1.20 bits per heavy atom. The summed E-state index contributed by atoms with van der Waals surface area (Å²) in [4.78, 5) is 27.2. The van der Waals surface area contributed by atoms with E-state index >= 15 is 0 Å². The predicted molar refractivity (Wildman–Crippen MR) is 71.9 cm³/mol. The number of nitrogens with zero attached hydrogens (tertiary/aromatic N) is 1. The van der Waals surface area contributed by atoms with E-state index in [0.717, 1.165) is 5.69 Å². The third-order valence-electron chi connectivity index (χ3n) is 2.74. The zero-order chi connectivity index (χ0) is 14.4. The van der Waals surface area contributed by atoms with E-state index in [9.17, 15) is 9.59 Å². The third kappa shape index (κ3) is 3.68. The summed E-state index contributed by atoms with van der Waals surface area (Å²) in [6, 6.07) is 8.72. The molecule has 0 fully saturated rings. The number of carbonyl (C=O) groups excluding carboxylic acids is 2. The van der Waals surface area contributed by atoms with Gasteiger partial charge in [0.1, 0.15) is 5.76 Å². The van der Waals surface area contributed by atoms with Gasteiger partial charge < -0.3 is 15.1 Å². The lowest BCUT2D eigenvalue weighted by atomic mass is 10.2. The number of aryl methyl sites for hydroxylation is 1. The van der Waals surface area contributed by atoms with Crippen molar-refractivity contribution in [1.82, 2.24) is 15.6 Å². The Balaban J connectivity index is 1.75. The summed E-state index contributed by atoms with van der Waals surface area (Å²) in [7, 11) is 0. The molecule has 0 bridgehead atoms. The van der Waals surface area contributed by atoms with Crippen molar-refractivity contribution in [3.05, 3.63) is 53.7 Å². The first-order valence-electron chi connectivity index (χ1n) is 6.15. The molecule has 1 aromatic heterocycles. The van der Waals surface area contributed by atoms with Crippen LogP contribution >= 0.6 is 0 Å². The normalized spacial score (nSPS) is 10.1. The first-order valence-corrected chi connectivity index (χ1v) is 6.15. The molecule has 2 amide bonds. The van der Waals surface area contributed by atoms with Crippen LogP contribution in [0.15, 0.2) is 41.1 Å². The molecule has 104 valence electrons. The summed E-state index contributed by atoms with van der Waals surface area (Å²) in [6.45, 7) is 1.97. The number of nitrogens with one attached hydrogen (secondary N) is 2. The molecule has 6 nitrogen and oxygen atoms in total. The molecule has 0 radical (unpaired) electrons. The van der Waals surface area contributed by atoms with Crippen LogP contribution in [0.3, 0.4) is 0 Å². The Bertz CT molecular complexity index is 593. The topological polar surface area (TPSA) is 84.2 Å². The van der Waals surface area contributed by atoms with Crippen molar-refractivity contribution >= 4 is 11.8 Å². The molecule has 2 aromatic rings. The summed E-state index contributed by atoms with van der Waals surface area (Å²) < 4.78 is 5.10. The zero-order valence-electron chi connectivity index (χ0n) is 11.1. The summed E-state index contributed by atoms with van der Waals surface area (Å²) >= 11 is 0. The number of amides is 2. The molecular weight excluding hydrogens is 258 g/mol. The maximum Gasteiger partial charge on any atom is 0.251 e. The highest BCUT2D eigenvalue weighted by Crippen LogP contribution is 2.03. The van der Waals surface area contributed by atoms with Crippen molar-refractivity contribution in [3.63, 3.8) is 0 Å². The van der Waals surface area contributed by atoms with Crippen LogP contribution < -0.4 is 10.6 Å². The SMILES string of the molecule is Cc1ncoc1CNC(=O)CNC(=O)c1ccccc1. The fraction of sp³-hybridized carbons (Fsp3) is 0.214. The largest absolute Gasteiger partial charge is 0.446 e. The number of rotatable bonds is 5. The molecule has 0 aliphatic carbocycles. The van der Waals surface area contributed by atoms with Gasteiger partial charge in [-0.05, 0) is 19.1 Å². The standard InChI is InChI=1S/C14H15N3O3/c1-10-12(20-9-17-10)7-15-13(18)8-16-14(19)11-5-3-2-4-6-11/h2-6,9H,7-8H2,1H3,(H,15,18)(H,16,19). The van der Waals surface area contributed by atoms with Crippen LogP contribution in [0.1, 0.15) is 21.8 Å². The average Bonchev–Trinajstić information content (AvgIpc) is 2.89. The van der Waals surface area contributed by atoms with Crippen molar-refractivity contribution < 1.29 is 14.0 Å². The summed E-state index contributed by atoms with van der Waals surface area (Å²) in [5, 5.41) is 5.19. The van der Waals surface area contributed by atoms with Crippen LogP contribution in [0.5, 0.6) is 0 Å². The number of aromatic nitrogens is 1. The molecule has 2 N–H and O–H groups in total. The second-order valence-electron chi connectivity index (χ2n) is 4.19. The molecule has 0 spiro atoms. The van der Waals surface area contributed by atoms with Gasteiger partial charge in [-0.1, -0.05) is 18.2 Å². The van der Waals surface area contributed by atoms with Gasteiger partial charge in [0.05, 0.1) is 18.8 Å². The molecule has 0 atom stereocenters. The predicted octanol–water partition coefficient (Wildman–Crippen LogP) is 1.03. The van der Waals surface area contributed by atoms with Crippen LogP contribution in [0.4, 0.5) is 0 Å². The van der Waals surface area contributed by atoms with Gasteiger partial charge in [0, 0.05) is 5.56 Å². The number of benzene rings is 1. The van der Waals surface area contributed by atoms with E-state index in [-0.39, 0.29) is 24.9 Å². The molecule has 6 heteroatoms. The maximum absolute atomic E-state index is 11.7. The molecule has 1 heterocycles. The highest BCUT2D eigenvalue weighted by Gasteiger charge is 2.09. The lowest BCUT2D eigenvalue weighted by Crippen LogP contribution is -2.36. The highest BCUT2D eigenvalue weighted by molar-refractivity contribution is 5.96. The third-order valence-corrected chi connectivity index (χ3v) is 2.74. The summed E-state index contributed by atoms with van der Waals surface area (Å²) in [6.07, 6.45) is 1.33. The molecule has 0 saturated carbocycles. The minimum Gasteiger partial charge on any atom is -0.446 e. The second-order valence-corrected chi connectivity index (χ2v) is 4.19. The first kappa shape index (κ1) is 13.8. The van der Waals surface area contributed by atoms with Gasteiger partial charge in [0.15, 0.2) is 6.39 Å². The van der Waals surface area contributed by atoms with E-state index in [1.807, 2.05) is 6.07 Å². The number of carbonyl (C=O) groups is 2. The van der Waals surface area contributed by atoms with Gasteiger partial charge in [-0.3, -0.25) is 9.59 Å². The minimum atomic E-state index is -0.287. The van der Waals surface area contributed by atoms with Crippen LogP contribution in [0.25, 0.3) is 0 Å². The fourth-order valence-electron chi connectivity index (χ4n) is 1.59. The van der Waals surface area contributed by atoms with Gasteiger partial charge in [-0.2, -0.15) is 0 Å². The van der Waals surface area contributed by atoms with Gasteiger partial charge in [0.25, 0.3) is 5.91 Å². The van der Waals surface area contributed by atoms with E-state index < -0.39 is 0 Å². The lowest BCUT2D eigenvalue weighted by Gasteiger charge is -2.06. The number of hydrogen-bond donors (Lipinski definition) is 2. The van der Waals surface area contributed by atoms with E-state index in [2.05, 4.69) is 15.6 Å². The van der Waals surface area contributed by atoms with Crippen LogP contribution in [-0.2, 0) is 11.3 Å². The van der Waals surface area contributed by atoms with Crippen molar-refractivity contribution in [2.75, 3.05) is 6.54 Å². The Morgan fingerprint density at radius 3 is 2.60 bits per heavy atom. The minimum absolute atomic E-state index is 0.0824. The van der Waals surface area contributed by atoms with Crippen LogP contribution in [0.2, 0.25) is 0 Å². The zero-order valence-corrected chi connectivity index (χ0v) is 11.1. The molecule has 1 aromatic carbocycles. The van der Waals surface area contributed by atoms with Crippen molar-refractivity contribution in [2.45, 2.75) is 13.5 Å². The Morgan fingerprint density at radius 2 is 1.95 bits per heavy atom. The summed E-state index contributed by atoms with van der Waals surface area (Å²) in [5.41, 5.74) is 1.25. The van der Waals surface area contributed by atoms with Gasteiger partial charge >= 0.3 is 0 Å². The molecule has 0 aliphatic rings. The van der Waals surface area contributed by atoms with Crippen molar-refractivity contribution in [3.8, 4) is 0 Å². The fourth-order valence-corrected chi connectivity index (χ4v) is 1.59. The van der Waals surface area contributed by atoms with Crippen LogP contribution in [0, 0.1) is 6.92 Å². The van der Waals surface area contributed by atoms with Gasteiger partial charge in [0.2, 0.25) is 5.91 Å². The smallest absolute Gasteiger partial charge is 0.251 e. The number of hydrogen-bond acceptors (Lipinski definition) is 4. The maximum atomic E-state index is 11.7. The van der Waals surface area contributed by atoms with Crippen molar-refractivity contribution in [2.24, 2.45) is 0 Å². The summed E-state index contributed by atoms with van der Waals surface area (Å²) in [5.74, 6) is 0.0365. The quantitative estimate of drug-likeness (QED) is 0.852. The first-order chi connectivity index (χ1) is 9.66. The molecule has 0 unspecified atom stereocenters. The van der Waals surface area contributed by atoms with E-state index in [0.29, 0.717) is 11.3 Å². The Kier molecular flexibility index (Phi) is 4.49. The van der Waals surface area contributed by atoms with E-state index in [1.54, 1.807) is 31.2 Å². The molecular formula is C14H15N3O3. The number of oxazole rings is 1. The Hall–Kier alpha value is -2.63. The van der Waals surface area contributed by atoms with E-state index in [1.165, 1.54) is 6.39 Å². The molecule has 0 aliphatic heterocycles.